The molecule has 3 atom stereocenters. The lowest BCUT2D eigenvalue weighted by Crippen LogP contribution is -2.40. The average molecular weight is 227 g/mol. The first-order chi connectivity index (χ1) is 7.62. The van der Waals surface area contributed by atoms with Gasteiger partial charge in [0.05, 0.1) is 0 Å². The number of hydrogen-bond acceptors (Lipinski definition) is 1. The van der Waals surface area contributed by atoms with E-state index in [4.69, 9.17) is 0 Å². The number of hydrogen-bond donors (Lipinski definition) is 0. The summed E-state index contributed by atoms with van der Waals surface area (Å²) in [5.74, 6) is 1.75. The van der Waals surface area contributed by atoms with Crippen molar-refractivity contribution < 1.29 is 0 Å². The molecule has 0 aromatic carbocycles. The zero-order valence-corrected chi connectivity index (χ0v) is 12.4. The monoisotopic (exact) mass is 227 g/mol. The summed E-state index contributed by atoms with van der Waals surface area (Å²) in [7, 11) is 2.30. The van der Waals surface area contributed by atoms with Crippen LogP contribution in [0, 0.1) is 11.8 Å². The van der Waals surface area contributed by atoms with Gasteiger partial charge in [0.15, 0.2) is 0 Å². The van der Waals surface area contributed by atoms with Crippen molar-refractivity contribution in [2.45, 2.75) is 72.8 Å². The van der Waals surface area contributed by atoms with Crippen molar-refractivity contribution in [2.75, 3.05) is 13.6 Å². The summed E-state index contributed by atoms with van der Waals surface area (Å²) in [6.45, 7) is 12.9. The van der Waals surface area contributed by atoms with Crippen molar-refractivity contribution in [3.8, 4) is 0 Å². The van der Waals surface area contributed by atoms with Gasteiger partial charge in [0.2, 0.25) is 0 Å². The van der Waals surface area contributed by atoms with Crippen LogP contribution in [0.15, 0.2) is 0 Å². The highest BCUT2D eigenvalue weighted by Gasteiger charge is 2.26. The molecule has 3 unspecified atom stereocenters. The molecule has 0 aliphatic rings. The first-order valence-electron chi connectivity index (χ1n) is 7.32. The highest BCUT2D eigenvalue weighted by Crippen LogP contribution is 2.29. The van der Waals surface area contributed by atoms with Crippen LogP contribution >= 0.6 is 0 Å². The summed E-state index contributed by atoms with van der Waals surface area (Å²) in [5.41, 5.74) is 0. The Bertz CT molecular complexity index is 138. The second kappa shape index (κ2) is 9.04. The lowest BCUT2D eigenvalue weighted by atomic mass is 9.80. The summed E-state index contributed by atoms with van der Waals surface area (Å²) >= 11 is 0. The number of rotatable bonds is 9. The average Bonchev–Trinajstić information content (AvgIpc) is 2.31. The molecule has 0 heterocycles. The minimum Gasteiger partial charge on any atom is -0.303 e. The lowest BCUT2D eigenvalue weighted by molar-refractivity contribution is 0.122. The quantitative estimate of drug-likeness (QED) is 0.558. The maximum absolute atomic E-state index is 2.57. The molecule has 0 aromatic heterocycles. The fraction of sp³-hybridized carbons (Fsp3) is 1.00. The third-order valence-corrected chi connectivity index (χ3v) is 4.14. The molecule has 0 amide bonds. The second-order valence-corrected chi connectivity index (χ2v) is 5.27. The molecule has 0 saturated heterocycles. The highest BCUT2D eigenvalue weighted by molar-refractivity contribution is 4.80. The number of nitrogens with zero attached hydrogens (tertiary/aromatic N) is 1. The summed E-state index contributed by atoms with van der Waals surface area (Å²) in [4.78, 5) is 2.57. The molecule has 0 aliphatic carbocycles. The van der Waals surface area contributed by atoms with Crippen molar-refractivity contribution in [3.05, 3.63) is 0 Å². The maximum Gasteiger partial charge on any atom is 0.0123 e. The van der Waals surface area contributed by atoms with E-state index in [0.29, 0.717) is 0 Å². The van der Waals surface area contributed by atoms with Crippen LogP contribution in [0.2, 0.25) is 0 Å². The Hall–Kier alpha value is -0.0400. The summed E-state index contributed by atoms with van der Waals surface area (Å²) in [6.07, 6.45) is 6.71. The van der Waals surface area contributed by atoms with Gasteiger partial charge in [-0.2, -0.15) is 0 Å². The van der Waals surface area contributed by atoms with Gasteiger partial charge in [-0.05, 0) is 38.3 Å². The minimum atomic E-state index is 0.796. The predicted octanol–water partition coefficient (Wildman–Crippen LogP) is 4.57. The van der Waals surface area contributed by atoms with Gasteiger partial charge in [-0.1, -0.05) is 53.9 Å². The van der Waals surface area contributed by atoms with Crippen LogP contribution < -0.4 is 0 Å². The lowest BCUT2D eigenvalue weighted by Gasteiger charge is -2.37. The highest BCUT2D eigenvalue weighted by atomic mass is 15.1. The van der Waals surface area contributed by atoms with E-state index >= 15 is 0 Å². The van der Waals surface area contributed by atoms with E-state index in [1.807, 2.05) is 0 Å². The van der Waals surface area contributed by atoms with E-state index in [2.05, 4.69) is 46.6 Å². The molecule has 0 rings (SSSR count). The van der Waals surface area contributed by atoms with Crippen LogP contribution in [-0.2, 0) is 0 Å². The van der Waals surface area contributed by atoms with Crippen LogP contribution in [0.3, 0.4) is 0 Å². The van der Waals surface area contributed by atoms with E-state index < -0.39 is 0 Å². The Morgan fingerprint density at radius 3 is 1.88 bits per heavy atom. The Balaban J connectivity index is 4.63. The van der Waals surface area contributed by atoms with E-state index in [1.54, 1.807) is 0 Å². The fourth-order valence-corrected chi connectivity index (χ4v) is 2.78. The maximum atomic E-state index is 2.57. The predicted molar refractivity (Wildman–Crippen MR) is 74.9 cm³/mol. The Morgan fingerprint density at radius 1 is 0.938 bits per heavy atom. The molecule has 0 aliphatic heterocycles. The van der Waals surface area contributed by atoms with E-state index in [9.17, 15) is 0 Å². The molecule has 0 bridgehead atoms. The van der Waals surface area contributed by atoms with Gasteiger partial charge < -0.3 is 4.90 Å². The van der Waals surface area contributed by atoms with E-state index in [1.165, 1.54) is 38.6 Å². The Kier molecular flexibility index (Phi) is 9.02. The van der Waals surface area contributed by atoms with Crippen molar-refractivity contribution >= 4 is 0 Å². The molecule has 1 nitrogen and oxygen atoms in total. The molecule has 0 aromatic rings. The molecule has 16 heavy (non-hydrogen) atoms. The molecule has 0 spiro atoms. The largest absolute Gasteiger partial charge is 0.303 e. The van der Waals surface area contributed by atoms with Gasteiger partial charge in [0.25, 0.3) is 0 Å². The van der Waals surface area contributed by atoms with Crippen LogP contribution in [0.5, 0.6) is 0 Å². The first-order valence-corrected chi connectivity index (χ1v) is 7.32. The zero-order valence-electron chi connectivity index (χ0n) is 12.4. The normalized spacial score (nSPS) is 17.4. The standard InChI is InChI=1S/C15H33N/c1-7-11-14(13(5)9-3)15(12-8-2)16(6)10-4/h13-15H,7-12H2,1-6H3. The Labute approximate surface area is 104 Å². The molecular weight excluding hydrogens is 194 g/mol. The molecule has 1 heteroatoms. The summed E-state index contributed by atoms with van der Waals surface area (Å²) in [6, 6.07) is 0.796. The van der Waals surface area contributed by atoms with E-state index in [-0.39, 0.29) is 0 Å². The van der Waals surface area contributed by atoms with Gasteiger partial charge >= 0.3 is 0 Å². The van der Waals surface area contributed by atoms with Gasteiger partial charge in [0.1, 0.15) is 0 Å². The van der Waals surface area contributed by atoms with Gasteiger partial charge in [-0.25, -0.2) is 0 Å². The second-order valence-electron chi connectivity index (χ2n) is 5.27. The van der Waals surface area contributed by atoms with Crippen molar-refractivity contribution in [2.24, 2.45) is 11.8 Å². The van der Waals surface area contributed by atoms with Gasteiger partial charge in [-0.3, -0.25) is 0 Å². The minimum absolute atomic E-state index is 0.796. The van der Waals surface area contributed by atoms with Crippen LogP contribution in [0.25, 0.3) is 0 Å². The SMILES string of the molecule is CCCC(C(C)CC)C(CCC)N(C)CC. The van der Waals surface area contributed by atoms with Gasteiger partial charge in [0, 0.05) is 6.04 Å². The molecule has 98 valence electrons. The molecule has 0 N–H and O–H groups in total. The summed E-state index contributed by atoms with van der Waals surface area (Å²) in [5, 5.41) is 0. The third kappa shape index (κ3) is 4.86. The molecular formula is C15H33N. The zero-order chi connectivity index (χ0) is 12.6. The Morgan fingerprint density at radius 2 is 1.50 bits per heavy atom. The third-order valence-electron chi connectivity index (χ3n) is 4.14. The van der Waals surface area contributed by atoms with Crippen molar-refractivity contribution in [1.82, 2.24) is 4.90 Å². The fourth-order valence-electron chi connectivity index (χ4n) is 2.78. The van der Waals surface area contributed by atoms with Gasteiger partial charge in [-0.15, -0.1) is 0 Å². The van der Waals surface area contributed by atoms with E-state index in [0.717, 1.165) is 17.9 Å². The van der Waals surface area contributed by atoms with Crippen molar-refractivity contribution in [1.29, 1.82) is 0 Å². The molecule has 0 saturated carbocycles. The molecule has 0 fully saturated rings. The van der Waals surface area contributed by atoms with Crippen LogP contribution in [-0.4, -0.2) is 24.5 Å². The van der Waals surface area contributed by atoms with Crippen LogP contribution in [0.1, 0.15) is 66.7 Å². The van der Waals surface area contributed by atoms with Crippen LogP contribution in [0.4, 0.5) is 0 Å². The molecule has 0 radical (unpaired) electrons. The topological polar surface area (TPSA) is 3.24 Å². The smallest absolute Gasteiger partial charge is 0.0123 e. The summed E-state index contributed by atoms with van der Waals surface area (Å²) < 4.78 is 0. The van der Waals surface area contributed by atoms with Crippen molar-refractivity contribution in [3.63, 3.8) is 0 Å². The first kappa shape index (κ1) is 16.0.